The van der Waals surface area contributed by atoms with E-state index in [0.29, 0.717) is 25.3 Å². The molecular formula is C14H17F3N4O. The highest BCUT2D eigenvalue weighted by Crippen LogP contribution is 2.28. The Hall–Kier alpha value is -1.86. The highest BCUT2D eigenvalue weighted by Gasteiger charge is 2.34. The minimum atomic E-state index is -4.46. The van der Waals surface area contributed by atoms with Crippen LogP contribution in [-0.4, -0.2) is 46.5 Å². The van der Waals surface area contributed by atoms with Gasteiger partial charge in [-0.1, -0.05) is 0 Å². The lowest BCUT2D eigenvalue weighted by Gasteiger charge is -2.37. The quantitative estimate of drug-likeness (QED) is 0.839. The summed E-state index contributed by atoms with van der Waals surface area (Å²) in [6, 6.07) is 0.244. The number of likely N-dealkylation sites (tertiary alicyclic amines) is 1. The van der Waals surface area contributed by atoms with Gasteiger partial charge in [0.25, 0.3) is 0 Å². The van der Waals surface area contributed by atoms with Crippen LogP contribution in [0.5, 0.6) is 0 Å². The Morgan fingerprint density at radius 3 is 2.32 bits per heavy atom. The summed E-state index contributed by atoms with van der Waals surface area (Å²) in [4.78, 5) is 22.9. The molecule has 8 heteroatoms. The first-order valence-electron chi connectivity index (χ1n) is 7.39. The normalized spacial score (nSPS) is 20.8. The Bertz CT molecular complexity index is 538. The lowest BCUT2D eigenvalue weighted by atomic mass is 10.0. The Balaban J connectivity index is 1.60. The van der Waals surface area contributed by atoms with E-state index >= 15 is 0 Å². The zero-order valence-electron chi connectivity index (χ0n) is 12.0. The predicted molar refractivity (Wildman–Crippen MR) is 73.2 cm³/mol. The summed E-state index contributed by atoms with van der Waals surface area (Å²) in [5.41, 5.74) is -0.978. The molecule has 1 amide bonds. The van der Waals surface area contributed by atoms with Gasteiger partial charge in [0.2, 0.25) is 5.91 Å². The van der Waals surface area contributed by atoms with E-state index in [1.807, 2.05) is 9.80 Å². The molecule has 3 heterocycles. The minimum Gasteiger partial charge on any atom is -0.355 e. The van der Waals surface area contributed by atoms with Crippen LogP contribution >= 0.6 is 0 Å². The SMILES string of the molecule is O=C1CCCN1C1CCN(c2cnc(C(F)(F)F)cn2)CC1. The number of carbonyl (C=O) groups excluding carboxylic acids is 1. The van der Waals surface area contributed by atoms with Gasteiger partial charge >= 0.3 is 6.18 Å². The van der Waals surface area contributed by atoms with E-state index in [-0.39, 0.29) is 11.9 Å². The molecule has 0 aromatic carbocycles. The van der Waals surface area contributed by atoms with Crippen LogP contribution in [0.4, 0.5) is 19.0 Å². The zero-order chi connectivity index (χ0) is 15.7. The number of alkyl halides is 3. The van der Waals surface area contributed by atoms with Gasteiger partial charge in [-0.2, -0.15) is 13.2 Å². The van der Waals surface area contributed by atoms with Crippen molar-refractivity contribution in [3.8, 4) is 0 Å². The molecule has 2 saturated heterocycles. The number of hydrogen-bond donors (Lipinski definition) is 0. The average Bonchev–Trinajstić information content (AvgIpc) is 2.93. The first-order chi connectivity index (χ1) is 10.4. The van der Waals surface area contributed by atoms with Crippen molar-refractivity contribution < 1.29 is 18.0 Å². The fourth-order valence-electron chi connectivity index (χ4n) is 3.09. The number of anilines is 1. The van der Waals surface area contributed by atoms with Gasteiger partial charge in [-0.25, -0.2) is 9.97 Å². The molecule has 0 atom stereocenters. The number of halogens is 3. The summed E-state index contributed by atoms with van der Waals surface area (Å²) in [7, 11) is 0. The van der Waals surface area contributed by atoms with Crippen LogP contribution in [-0.2, 0) is 11.0 Å². The van der Waals surface area contributed by atoms with Crippen molar-refractivity contribution >= 4 is 11.7 Å². The van der Waals surface area contributed by atoms with Crippen LogP contribution < -0.4 is 4.90 Å². The molecule has 22 heavy (non-hydrogen) atoms. The van der Waals surface area contributed by atoms with E-state index in [2.05, 4.69) is 9.97 Å². The molecule has 0 bridgehead atoms. The molecule has 5 nitrogen and oxygen atoms in total. The molecule has 0 aliphatic carbocycles. The maximum Gasteiger partial charge on any atom is 0.434 e. The molecule has 120 valence electrons. The maximum absolute atomic E-state index is 12.5. The summed E-state index contributed by atoms with van der Waals surface area (Å²) in [6.45, 7) is 2.17. The van der Waals surface area contributed by atoms with E-state index in [9.17, 15) is 18.0 Å². The third kappa shape index (κ3) is 3.00. The Morgan fingerprint density at radius 1 is 1.09 bits per heavy atom. The van der Waals surface area contributed by atoms with Crippen molar-refractivity contribution in [2.45, 2.75) is 37.9 Å². The second-order valence-corrected chi connectivity index (χ2v) is 5.67. The maximum atomic E-state index is 12.5. The summed E-state index contributed by atoms with van der Waals surface area (Å²) < 4.78 is 37.4. The molecule has 2 aliphatic rings. The van der Waals surface area contributed by atoms with E-state index < -0.39 is 11.9 Å². The first-order valence-corrected chi connectivity index (χ1v) is 7.39. The largest absolute Gasteiger partial charge is 0.434 e. The van der Waals surface area contributed by atoms with Crippen LogP contribution in [0.25, 0.3) is 0 Å². The Kier molecular flexibility index (Phi) is 3.92. The van der Waals surface area contributed by atoms with Gasteiger partial charge in [-0.05, 0) is 19.3 Å². The highest BCUT2D eigenvalue weighted by atomic mass is 19.4. The fourth-order valence-corrected chi connectivity index (χ4v) is 3.09. The number of hydrogen-bond acceptors (Lipinski definition) is 4. The van der Waals surface area contributed by atoms with Crippen LogP contribution in [0.3, 0.4) is 0 Å². The number of nitrogens with zero attached hydrogens (tertiary/aromatic N) is 4. The smallest absolute Gasteiger partial charge is 0.355 e. The lowest BCUT2D eigenvalue weighted by Crippen LogP contribution is -2.45. The Morgan fingerprint density at radius 2 is 1.82 bits per heavy atom. The molecule has 0 radical (unpaired) electrons. The van der Waals surface area contributed by atoms with Crippen molar-refractivity contribution in [3.05, 3.63) is 18.1 Å². The number of aromatic nitrogens is 2. The van der Waals surface area contributed by atoms with Gasteiger partial charge in [0, 0.05) is 32.1 Å². The minimum absolute atomic E-state index is 0.216. The number of amides is 1. The van der Waals surface area contributed by atoms with Gasteiger partial charge in [-0.3, -0.25) is 4.79 Å². The fraction of sp³-hybridized carbons (Fsp3) is 0.643. The lowest BCUT2D eigenvalue weighted by molar-refractivity contribution is -0.141. The number of rotatable bonds is 2. The molecule has 0 N–H and O–H groups in total. The van der Waals surface area contributed by atoms with E-state index in [4.69, 9.17) is 0 Å². The molecule has 0 spiro atoms. The van der Waals surface area contributed by atoms with Crippen LogP contribution in [0, 0.1) is 0 Å². The van der Waals surface area contributed by atoms with Crippen molar-refractivity contribution in [2.75, 3.05) is 24.5 Å². The third-order valence-corrected chi connectivity index (χ3v) is 4.27. The Labute approximate surface area is 126 Å². The molecule has 1 aromatic rings. The summed E-state index contributed by atoms with van der Waals surface area (Å²) in [5.74, 6) is 0.673. The highest BCUT2D eigenvalue weighted by molar-refractivity contribution is 5.78. The number of carbonyl (C=O) groups is 1. The topological polar surface area (TPSA) is 49.3 Å². The molecule has 3 rings (SSSR count). The van der Waals surface area contributed by atoms with Crippen molar-refractivity contribution in [1.29, 1.82) is 0 Å². The van der Waals surface area contributed by atoms with Crippen LogP contribution in [0.15, 0.2) is 12.4 Å². The second kappa shape index (κ2) is 5.73. The molecule has 2 aliphatic heterocycles. The van der Waals surface area contributed by atoms with Crippen molar-refractivity contribution in [3.63, 3.8) is 0 Å². The van der Waals surface area contributed by atoms with Gasteiger partial charge in [0.1, 0.15) is 5.82 Å². The van der Waals surface area contributed by atoms with Gasteiger partial charge in [0.05, 0.1) is 12.4 Å². The van der Waals surface area contributed by atoms with Crippen molar-refractivity contribution in [2.24, 2.45) is 0 Å². The molecule has 2 fully saturated rings. The van der Waals surface area contributed by atoms with Gasteiger partial charge in [0.15, 0.2) is 5.69 Å². The van der Waals surface area contributed by atoms with Gasteiger partial charge in [-0.15, -0.1) is 0 Å². The summed E-state index contributed by atoms with van der Waals surface area (Å²) >= 11 is 0. The van der Waals surface area contributed by atoms with Crippen LogP contribution in [0.2, 0.25) is 0 Å². The molecular weight excluding hydrogens is 297 g/mol. The first kappa shape index (κ1) is 15.1. The number of piperidine rings is 1. The monoisotopic (exact) mass is 314 g/mol. The zero-order valence-corrected chi connectivity index (χ0v) is 12.0. The van der Waals surface area contributed by atoms with E-state index in [1.165, 1.54) is 6.20 Å². The molecule has 0 saturated carbocycles. The van der Waals surface area contributed by atoms with E-state index in [0.717, 1.165) is 32.0 Å². The summed E-state index contributed by atoms with van der Waals surface area (Å²) in [6.07, 6.45) is 0.654. The summed E-state index contributed by atoms with van der Waals surface area (Å²) in [5, 5.41) is 0. The average molecular weight is 314 g/mol. The van der Waals surface area contributed by atoms with Crippen LogP contribution in [0.1, 0.15) is 31.4 Å². The third-order valence-electron chi connectivity index (χ3n) is 4.27. The van der Waals surface area contributed by atoms with Crippen molar-refractivity contribution in [1.82, 2.24) is 14.9 Å². The predicted octanol–water partition coefficient (Wildman–Crippen LogP) is 2.09. The standard InChI is InChI=1S/C14H17F3N4O/c15-14(16,17)11-8-19-12(9-18-11)20-6-3-10(4-7-20)21-5-1-2-13(21)22/h8-10H,1-7H2. The van der Waals surface area contributed by atoms with E-state index in [1.54, 1.807) is 0 Å². The van der Waals surface area contributed by atoms with Gasteiger partial charge < -0.3 is 9.80 Å². The molecule has 1 aromatic heterocycles. The molecule has 0 unspecified atom stereocenters. The second-order valence-electron chi connectivity index (χ2n) is 5.67.